The Labute approximate surface area is 121 Å². The molecule has 0 atom stereocenters. The maximum Gasteiger partial charge on any atom is 0.371 e. The van der Waals surface area contributed by atoms with Crippen LogP contribution in [0.4, 0.5) is 0 Å². The highest BCUT2D eigenvalue weighted by atomic mass is 32.2. The molecular weight excluding hydrogens is 296 g/mol. The zero-order chi connectivity index (χ0) is 15.3. The fourth-order valence-corrected chi connectivity index (χ4v) is 2.61. The largest absolute Gasteiger partial charge is 0.475 e. The average molecular weight is 310 g/mol. The number of carboxylic acid groups (broad SMARTS) is 1. The average Bonchev–Trinajstić information content (AvgIpc) is 2.94. The van der Waals surface area contributed by atoms with Crippen LogP contribution in [0.25, 0.3) is 0 Å². The Bertz CT molecular complexity index is 709. The maximum atomic E-state index is 11.8. The van der Waals surface area contributed by atoms with E-state index in [0.717, 1.165) is 0 Å². The molecule has 0 radical (unpaired) electrons. The summed E-state index contributed by atoms with van der Waals surface area (Å²) in [6, 6.07) is 8.00. The van der Waals surface area contributed by atoms with Crippen molar-refractivity contribution in [2.24, 2.45) is 0 Å². The molecule has 0 bridgehead atoms. The van der Waals surface area contributed by atoms with Crippen LogP contribution < -0.4 is 4.72 Å². The van der Waals surface area contributed by atoms with Crippen molar-refractivity contribution in [3.05, 3.63) is 53.7 Å². The van der Waals surface area contributed by atoms with E-state index in [1.807, 2.05) is 0 Å². The second kappa shape index (κ2) is 6.51. The van der Waals surface area contributed by atoms with Gasteiger partial charge >= 0.3 is 5.97 Å². The van der Waals surface area contributed by atoms with E-state index in [9.17, 15) is 13.2 Å². The van der Waals surface area contributed by atoms with Crippen molar-refractivity contribution in [1.29, 1.82) is 0 Å². The molecule has 2 aromatic heterocycles. The van der Waals surface area contributed by atoms with Gasteiger partial charge in [0.15, 0.2) is 0 Å². The topological polar surface area (TPSA) is 110 Å². The first kappa shape index (κ1) is 15.2. The van der Waals surface area contributed by atoms with E-state index in [4.69, 9.17) is 9.52 Å². The molecule has 0 aromatic carbocycles. The first-order valence-electron chi connectivity index (χ1n) is 6.15. The van der Waals surface area contributed by atoms with Gasteiger partial charge in [-0.05, 0) is 24.3 Å². The van der Waals surface area contributed by atoms with Gasteiger partial charge < -0.3 is 9.52 Å². The van der Waals surface area contributed by atoms with Gasteiger partial charge in [-0.2, -0.15) is 0 Å². The number of furan rings is 1. The summed E-state index contributed by atoms with van der Waals surface area (Å²) in [5.74, 6) is -1.28. The molecule has 0 aliphatic rings. The summed E-state index contributed by atoms with van der Waals surface area (Å²) in [6.07, 6.45) is 1.90. The van der Waals surface area contributed by atoms with Crippen LogP contribution in [-0.4, -0.2) is 30.2 Å². The van der Waals surface area contributed by atoms with Crippen LogP contribution in [0.3, 0.4) is 0 Å². The quantitative estimate of drug-likeness (QED) is 0.790. The number of rotatable bonds is 7. The van der Waals surface area contributed by atoms with Crippen molar-refractivity contribution in [2.75, 3.05) is 5.75 Å². The van der Waals surface area contributed by atoms with Gasteiger partial charge in [-0.25, -0.2) is 17.9 Å². The first-order chi connectivity index (χ1) is 9.96. The Balaban J connectivity index is 1.87. The lowest BCUT2D eigenvalue weighted by atomic mass is 10.3. The highest BCUT2D eigenvalue weighted by molar-refractivity contribution is 7.89. The number of carboxylic acids is 1. The van der Waals surface area contributed by atoms with Crippen molar-refractivity contribution in [2.45, 2.75) is 13.0 Å². The van der Waals surface area contributed by atoms with Gasteiger partial charge in [0.1, 0.15) is 5.76 Å². The number of pyridine rings is 1. The van der Waals surface area contributed by atoms with Crippen LogP contribution in [0.2, 0.25) is 0 Å². The van der Waals surface area contributed by atoms with Crippen LogP contribution in [0, 0.1) is 0 Å². The minimum Gasteiger partial charge on any atom is -0.475 e. The molecule has 0 saturated heterocycles. The Morgan fingerprint density at radius 2 is 2.10 bits per heavy atom. The van der Waals surface area contributed by atoms with Gasteiger partial charge in [0.2, 0.25) is 15.8 Å². The summed E-state index contributed by atoms with van der Waals surface area (Å²) in [6.45, 7) is -0.0855. The van der Waals surface area contributed by atoms with Crippen LogP contribution >= 0.6 is 0 Å². The Hall–Kier alpha value is -2.19. The summed E-state index contributed by atoms with van der Waals surface area (Å²) in [7, 11) is -3.49. The number of hydrogen-bond acceptors (Lipinski definition) is 5. The minimum absolute atomic E-state index is 0.0855. The smallest absolute Gasteiger partial charge is 0.371 e. The van der Waals surface area contributed by atoms with Crippen LogP contribution in [0.5, 0.6) is 0 Å². The molecule has 0 spiro atoms. The number of carbonyl (C=O) groups is 1. The molecule has 0 aliphatic heterocycles. The molecule has 0 aliphatic carbocycles. The van der Waals surface area contributed by atoms with E-state index in [2.05, 4.69) is 9.71 Å². The Kier molecular flexibility index (Phi) is 4.71. The maximum absolute atomic E-state index is 11.8. The number of nitrogens with one attached hydrogen (secondary N) is 1. The van der Waals surface area contributed by atoms with Crippen LogP contribution in [-0.2, 0) is 23.0 Å². The number of aryl methyl sites for hydroxylation is 1. The molecule has 0 unspecified atom stereocenters. The minimum atomic E-state index is -3.49. The van der Waals surface area contributed by atoms with E-state index >= 15 is 0 Å². The predicted molar refractivity (Wildman–Crippen MR) is 74.2 cm³/mol. The van der Waals surface area contributed by atoms with Crippen LogP contribution in [0.15, 0.2) is 40.9 Å². The second-order valence-electron chi connectivity index (χ2n) is 4.28. The SMILES string of the molecule is O=C(O)c1ccc(CNS(=O)(=O)CCc2ccccn2)o1. The fraction of sp³-hybridized carbons (Fsp3) is 0.231. The lowest BCUT2D eigenvalue weighted by Crippen LogP contribution is -2.26. The Morgan fingerprint density at radius 3 is 2.71 bits per heavy atom. The molecule has 0 saturated carbocycles. The fourth-order valence-electron chi connectivity index (χ4n) is 1.63. The van der Waals surface area contributed by atoms with E-state index in [1.54, 1.807) is 24.4 Å². The molecule has 7 nitrogen and oxygen atoms in total. The normalized spacial score (nSPS) is 11.4. The highest BCUT2D eigenvalue weighted by Crippen LogP contribution is 2.08. The van der Waals surface area contributed by atoms with Gasteiger partial charge in [-0.3, -0.25) is 4.98 Å². The lowest BCUT2D eigenvalue weighted by molar-refractivity contribution is 0.0660. The molecule has 2 heterocycles. The summed E-state index contributed by atoms with van der Waals surface area (Å²) >= 11 is 0. The molecule has 2 rings (SSSR count). The van der Waals surface area contributed by atoms with Gasteiger partial charge in [-0.1, -0.05) is 6.07 Å². The van der Waals surface area contributed by atoms with Crippen molar-refractivity contribution in [3.63, 3.8) is 0 Å². The number of aromatic carboxylic acids is 1. The van der Waals surface area contributed by atoms with E-state index in [0.29, 0.717) is 12.1 Å². The van der Waals surface area contributed by atoms with E-state index < -0.39 is 16.0 Å². The van der Waals surface area contributed by atoms with Crippen molar-refractivity contribution in [1.82, 2.24) is 9.71 Å². The molecule has 2 N–H and O–H groups in total. The van der Waals surface area contributed by atoms with Crippen LogP contribution in [0.1, 0.15) is 22.0 Å². The zero-order valence-corrected chi connectivity index (χ0v) is 11.8. The highest BCUT2D eigenvalue weighted by Gasteiger charge is 2.13. The van der Waals surface area contributed by atoms with Crippen molar-refractivity contribution < 1.29 is 22.7 Å². The van der Waals surface area contributed by atoms with Gasteiger partial charge in [0.05, 0.1) is 12.3 Å². The second-order valence-corrected chi connectivity index (χ2v) is 6.21. The molecule has 0 amide bonds. The van der Waals surface area contributed by atoms with E-state index in [-0.39, 0.29) is 23.8 Å². The third-order valence-electron chi connectivity index (χ3n) is 2.69. The summed E-state index contributed by atoms with van der Waals surface area (Å²) in [4.78, 5) is 14.7. The molecular formula is C13H14N2O5S. The number of nitrogens with zero attached hydrogens (tertiary/aromatic N) is 1. The van der Waals surface area contributed by atoms with Gasteiger partial charge in [-0.15, -0.1) is 0 Å². The third-order valence-corrected chi connectivity index (χ3v) is 4.02. The van der Waals surface area contributed by atoms with E-state index in [1.165, 1.54) is 12.1 Å². The molecule has 0 fully saturated rings. The molecule has 112 valence electrons. The van der Waals surface area contributed by atoms with Gasteiger partial charge in [0.25, 0.3) is 0 Å². The predicted octanol–water partition coefficient (Wildman–Crippen LogP) is 1.03. The molecule has 8 heteroatoms. The summed E-state index contributed by atoms with van der Waals surface area (Å²) < 4.78 is 31.0. The third kappa shape index (κ3) is 4.69. The monoisotopic (exact) mass is 310 g/mol. The Morgan fingerprint density at radius 1 is 1.29 bits per heavy atom. The first-order valence-corrected chi connectivity index (χ1v) is 7.81. The summed E-state index contributed by atoms with van der Waals surface area (Å²) in [5.41, 5.74) is 0.689. The summed E-state index contributed by atoms with van der Waals surface area (Å²) in [5, 5.41) is 8.70. The van der Waals surface area contributed by atoms with Crippen molar-refractivity contribution >= 4 is 16.0 Å². The standard InChI is InChI=1S/C13H14N2O5S/c16-13(17)12-5-4-11(20-12)9-15-21(18,19)8-6-10-3-1-2-7-14-10/h1-5,7,15H,6,8-9H2,(H,16,17). The zero-order valence-electron chi connectivity index (χ0n) is 11.0. The molecule has 2 aromatic rings. The lowest BCUT2D eigenvalue weighted by Gasteiger charge is -2.05. The molecule has 21 heavy (non-hydrogen) atoms. The number of sulfonamides is 1. The number of hydrogen-bond donors (Lipinski definition) is 2. The number of aromatic nitrogens is 1. The van der Waals surface area contributed by atoms with Crippen molar-refractivity contribution in [3.8, 4) is 0 Å². The van der Waals surface area contributed by atoms with Gasteiger partial charge in [0, 0.05) is 18.3 Å².